The highest BCUT2D eigenvalue weighted by Gasteiger charge is 2.23. The minimum atomic E-state index is -0.917. The van der Waals surface area contributed by atoms with Crippen LogP contribution in [-0.4, -0.2) is 30.3 Å². The average Bonchev–Trinajstić information content (AvgIpc) is 2.73. The molecule has 5 heteroatoms. The van der Waals surface area contributed by atoms with Crippen molar-refractivity contribution in [1.82, 2.24) is 0 Å². The van der Waals surface area contributed by atoms with Gasteiger partial charge in [0.1, 0.15) is 0 Å². The van der Waals surface area contributed by atoms with E-state index in [1.807, 2.05) is 0 Å². The highest BCUT2D eigenvalue weighted by atomic mass is 79.9. The molecule has 4 nitrogen and oxygen atoms in total. The smallest absolute Gasteiger partial charge is 0.335 e. The van der Waals surface area contributed by atoms with Gasteiger partial charge in [0, 0.05) is 29.2 Å². The maximum atomic E-state index is 10.8. The topological polar surface area (TPSA) is 58.6 Å². The fourth-order valence-corrected chi connectivity index (χ4v) is 2.60. The third kappa shape index (κ3) is 3.03. The maximum Gasteiger partial charge on any atom is 0.335 e. The summed E-state index contributed by atoms with van der Waals surface area (Å²) in [6.07, 6.45) is 1.36. The lowest BCUT2D eigenvalue weighted by Crippen LogP contribution is -2.20. The van der Waals surface area contributed by atoms with E-state index in [9.17, 15) is 4.79 Å². The molecule has 0 saturated carbocycles. The first kappa shape index (κ1) is 13.4. The molecule has 1 aromatic carbocycles. The Kier molecular flexibility index (Phi) is 4.24. The molecular weight excluding hydrogens is 298 g/mol. The summed E-state index contributed by atoms with van der Waals surface area (Å²) < 4.78 is 6.28. The van der Waals surface area contributed by atoms with Crippen molar-refractivity contribution in [3.63, 3.8) is 0 Å². The van der Waals surface area contributed by atoms with E-state index >= 15 is 0 Å². The van der Waals surface area contributed by atoms with Crippen molar-refractivity contribution in [2.75, 3.05) is 18.5 Å². The summed E-state index contributed by atoms with van der Waals surface area (Å²) in [6.45, 7) is 3.75. The summed E-state index contributed by atoms with van der Waals surface area (Å²) in [6, 6.07) is 5.00. The summed E-state index contributed by atoms with van der Waals surface area (Å²) in [5.41, 5.74) is 1.20. The number of nitrogens with one attached hydrogen (secondary N) is 1. The predicted molar refractivity (Wildman–Crippen MR) is 73.1 cm³/mol. The molecule has 1 heterocycles. The van der Waals surface area contributed by atoms with Gasteiger partial charge in [-0.05, 0) is 47.5 Å². The minimum absolute atomic E-state index is 0.282. The summed E-state index contributed by atoms with van der Waals surface area (Å²) >= 11 is 3.38. The summed E-state index contributed by atoms with van der Waals surface area (Å²) in [4.78, 5) is 10.8. The van der Waals surface area contributed by atoms with Crippen molar-refractivity contribution in [3.8, 4) is 0 Å². The van der Waals surface area contributed by atoms with Crippen LogP contribution >= 0.6 is 15.9 Å². The number of carboxylic acid groups (broad SMARTS) is 1. The number of anilines is 1. The van der Waals surface area contributed by atoms with Crippen LogP contribution in [0.2, 0.25) is 0 Å². The van der Waals surface area contributed by atoms with E-state index in [4.69, 9.17) is 9.84 Å². The number of ether oxygens (including phenoxy) is 1. The van der Waals surface area contributed by atoms with E-state index in [2.05, 4.69) is 28.2 Å². The van der Waals surface area contributed by atoms with E-state index in [1.165, 1.54) is 0 Å². The van der Waals surface area contributed by atoms with Crippen LogP contribution in [0.25, 0.3) is 0 Å². The van der Waals surface area contributed by atoms with Crippen LogP contribution in [0.4, 0.5) is 5.69 Å². The number of carbonyl (C=O) groups is 1. The number of benzene rings is 1. The van der Waals surface area contributed by atoms with E-state index in [1.54, 1.807) is 18.2 Å². The van der Waals surface area contributed by atoms with E-state index < -0.39 is 5.97 Å². The lowest BCUT2D eigenvalue weighted by atomic mass is 10.0. The standard InChI is InChI=1S/C13H16BrNO3/c1-8-10(4-5-18-8)7-15-12-3-2-9(13(16)17)6-11(12)14/h2-3,6,8,10,15H,4-5,7H2,1H3,(H,16,17). The normalized spacial score (nSPS) is 23.0. The van der Waals surface area contributed by atoms with Gasteiger partial charge in [-0.1, -0.05) is 0 Å². The predicted octanol–water partition coefficient (Wildman–Crippen LogP) is 2.98. The zero-order chi connectivity index (χ0) is 13.1. The maximum absolute atomic E-state index is 10.8. The molecule has 2 unspecified atom stereocenters. The van der Waals surface area contributed by atoms with Crippen LogP contribution in [0.3, 0.4) is 0 Å². The fraction of sp³-hybridized carbons (Fsp3) is 0.462. The SMILES string of the molecule is CC1OCCC1CNc1ccc(C(=O)O)cc1Br. The van der Waals surface area contributed by atoms with Crippen molar-refractivity contribution in [3.05, 3.63) is 28.2 Å². The van der Waals surface area contributed by atoms with Gasteiger partial charge in [-0.3, -0.25) is 0 Å². The Morgan fingerprint density at radius 1 is 1.61 bits per heavy atom. The van der Waals surface area contributed by atoms with Gasteiger partial charge in [-0.25, -0.2) is 4.79 Å². The molecule has 98 valence electrons. The molecule has 1 saturated heterocycles. The number of hydrogen-bond donors (Lipinski definition) is 2. The fourth-order valence-electron chi connectivity index (χ4n) is 2.08. The highest BCUT2D eigenvalue weighted by Crippen LogP contribution is 2.26. The molecule has 0 aliphatic carbocycles. The van der Waals surface area contributed by atoms with Crippen LogP contribution in [0, 0.1) is 5.92 Å². The van der Waals surface area contributed by atoms with Crippen LogP contribution in [0.1, 0.15) is 23.7 Å². The van der Waals surface area contributed by atoms with Gasteiger partial charge in [0.25, 0.3) is 0 Å². The molecule has 1 fully saturated rings. The Morgan fingerprint density at radius 3 is 2.94 bits per heavy atom. The zero-order valence-corrected chi connectivity index (χ0v) is 11.7. The Labute approximate surface area is 114 Å². The molecule has 2 rings (SSSR count). The van der Waals surface area contributed by atoms with Gasteiger partial charge >= 0.3 is 5.97 Å². The first-order chi connectivity index (χ1) is 8.58. The van der Waals surface area contributed by atoms with Crippen molar-refractivity contribution in [2.24, 2.45) is 5.92 Å². The first-order valence-electron chi connectivity index (χ1n) is 5.96. The zero-order valence-electron chi connectivity index (χ0n) is 10.1. The molecule has 2 atom stereocenters. The molecular formula is C13H16BrNO3. The summed E-state index contributed by atoms with van der Waals surface area (Å²) in [7, 11) is 0. The number of aromatic carboxylic acids is 1. The molecule has 1 aliphatic heterocycles. The van der Waals surface area contributed by atoms with Crippen LogP contribution < -0.4 is 5.32 Å². The van der Waals surface area contributed by atoms with Crippen LogP contribution in [0.5, 0.6) is 0 Å². The van der Waals surface area contributed by atoms with Crippen molar-refractivity contribution >= 4 is 27.6 Å². The molecule has 1 aliphatic rings. The van der Waals surface area contributed by atoms with E-state index in [0.29, 0.717) is 5.92 Å². The number of carboxylic acids is 1. The minimum Gasteiger partial charge on any atom is -0.478 e. The molecule has 1 aromatic rings. The Bertz CT molecular complexity index is 450. The Morgan fingerprint density at radius 2 is 2.39 bits per heavy atom. The largest absolute Gasteiger partial charge is 0.478 e. The third-order valence-corrected chi connectivity index (χ3v) is 3.96. The van der Waals surface area contributed by atoms with Crippen LogP contribution in [-0.2, 0) is 4.74 Å². The van der Waals surface area contributed by atoms with Gasteiger partial charge in [0.15, 0.2) is 0 Å². The first-order valence-corrected chi connectivity index (χ1v) is 6.75. The van der Waals surface area contributed by atoms with Crippen molar-refractivity contribution in [1.29, 1.82) is 0 Å². The monoisotopic (exact) mass is 313 g/mol. The molecule has 0 spiro atoms. The second kappa shape index (κ2) is 5.71. The van der Waals surface area contributed by atoms with Crippen molar-refractivity contribution < 1.29 is 14.6 Å². The lowest BCUT2D eigenvalue weighted by Gasteiger charge is -2.16. The summed E-state index contributed by atoms with van der Waals surface area (Å²) in [5, 5.41) is 12.2. The van der Waals surface area contributed by atoms with Crippen LogP contribution in [0.15, 0.2) is 22.7 Å². The van der Waals surface area contributed by atoms with Gasteiger partial charge in [-0.2, -0.15) is 0 Å². The van der Waals surface area contributed by atoms with Gasteiger partial charge < -0.3 is 15.2 Å². The quantitative estimate of drug-likeness (QED) is 0.897. The Balaban J connectivity index is 1.99. The molecule has 2 N–H and O–H groups in total. The Hall–Kier alpha value is -1.07. The average molecular weight is 314 g/mol. The third-order valence-electron chi connectivity index (χ3n) is 3.30. The number of hydrogen-bond acceptors (Lipinski definition) is 3. The van der Waals surface area contributed by atoms with E-state index in [0.717, 1.165) is 29.7 Å². The molecule has 0 bridgehead atoms. The van der Waals surface area contributed by atoms with Crippen molar-refractivity contribution in [2.45, 2.75) is 19.4 Å². The van der Waals surface area contributed by atoms with Gasteiger partial charge in [-0.15, -0.1) is 0 Å². The number of halogens is 1. The molecule has 0 amide bonds. The second-order valence-corrected chi connectivity index (χ2v) is 5.36. The second-order valence-electron chi connectivity index (χ2n) is 4.51. The summed E-state index contributed by atoms with van der Waals surface area (Å²) in [5.74, 6) is -0.406. The lowest BCUT2D eigenvalue weighted by molar-refractivity contribution is 0.0697. The molecule has 0 aromatic heterocycles. The van der Waals surface area contributed by atoms with Gasteiger partial charge in [0.2, 0.25) is 0 Å². The van der Waals surface area contributed by atoms with Gasteiger partial charge in [0.05, 0.1) is 11.7 Å². The highest BCUT2D eigenvalue weighted by molar-refractivity contribution is 9.10. The molecule has 18 heavy (non-hydrogen) atoms. The molecule has 0 radical (unpaired) electrons. The number of rotatable bonds is 4. The van der Waals surface area contributed by atoms with E-state index in [-0.39, 0.29) is 11.7 Å².